The van der Waals surface area contributed by atoms with E-state index in [-0.39, 0.29) is 36.9 Å². The van der Waals surface area contributed by atoms with Gasteiger partial charge >= 0.3 is 5.97 Å². The van der Waals surface area contributed by atoms with E-state index in [4.69, 9.17) is 23.7 Å². The smallest absolute Gasteiger partial charge is 0.366 e. The lowest BCUT2D eigenvalue weighted by Gasteiger charge is -2.49. The van der Waals surface area contributed by atoms with Crippen LogP contribution in [0.5, 0.6) is 0 Å². The fraction of sp³-hybridized carbons (Fsp3) is 0.960. The first-order chi connectivity index (χ1) is 14.5. The minimum absolute atomic E-state index is 0.0758. The minimum atomic E-state index is -1.40. The largest absolute Gasteiger partial charge is 0.465 e. The van der Waals surface area contributed by atoms with E-state index < -0.39 is 11.8 Å². The highest BCUT2D eigenvalue weighted by molar-refractivity contribution is 5.78. The van der Waals surface area contributed by atoms with E-state index in [1.54, 1.807) is 7.11 Å². The van der Waals surface area contributed by atoms with Crippen molar-refractivity contribution in [3.8, 4) is 0 Å². The minimum Gasteiger partial charge on any atom is -0.465 e. The molecule has 0 bridgehead atoms. The molecule has 0 aromatic rings. The van der Waals surface area contributed by atoms with Gasteiger partial charge in [0.15, 0.2) is 6.29 Å². The van der Waals surface area contributed by atoms with Gasteiger partial charge in [-0.2, -0.15) is 0 Å². The number of rotatable bonds is 8. The van der Waals surface area contributed by atoms with Crippen molar-refractivity contribution in [3.63, 3.8) is 0 Å². The molecular formula is C25H46O6. The van der Waals surface area contributed by atoms with Crippen LogP contribution in [0, 0.1) is 41.4 Å². The van der Waals surface area contributed by atoms with Crippen LogP contribution >= 0.6 is 0 Å². The van der Waals surface area contributed by atoms with Gasteiger partial charge in [0, 0.05) is 19.4 Å². The Balaban J connectivity index is 2.24. The normalized spacial score (nSPS) is 43.3. The predicted octanol–water partition coefficient (Wildman–Crippen LogP) is 4.90. The zero-order valence-corrected chi connectivity index (χ0v) is 21.3. The van der Waals surface area contributed by atoms with Crippen LogP contribution in [-0.4, -0.2) is 51.1 Å². The van der Waals surface area contributed by atoms with Gasteiger partial charge in [0.2, 0.25) is 0 Å². The Labute approximate surface area is 189 Å². The van der Waals surface area contributed by atoms with Crippen molar-refractivity contribution in [2.45, 2.75) is 92.5 Å². The molecule has 0 radical (unpaired) electrons. The summed E-state index contributed by atoms with van der Waals surface area (Å²) in [5, 5.41) is 0. The molecule has 2 heterocycles. The van der Waals surface area contributed by atoms with E-state index in [2.05, 4.69) is 55.4 Å². The van der Waals surface area contributed by atoms with Crippen LogP contribution < -0.4 is 0 Å². The van der Waals surface area contributed by atoms with Gasteiger partial charge in [0.05, 0.1) is 25.9 Å². The average Bonchev–Trinajstić information content (AvgIpc) is 2.77. The van der Waals surface area contributed by atoms with E-state index in [1.807, 2.05) is 0 Å². The molecule has 3 unspecified atom stereocenters. The van der Waals surface area contributed by atoms with Crippen LogP contribution in [0.1, 0.15) is 68.2 Å². The maximum Gasteiger partial charge on any atom is 0.366 e. The Hall–Kier alpha value is -0.690. The number of ether oxygens (including phenoxy) is 5. The number of carbonyl (C=O) groups is 1. The first-order valence-corrected chi connectivity index (χ1v) is 12.1. The molecule has 2 aliphatic heterocycles. The Morgan fingerprint density at radius 2 is 1.68 bits per heavy atom. The zero-order valence-electron chi connectivity index (χ0n) is 21.3. The number of hydrogen-bond acceptors (Lipinski definition) is 6. The monoisotopic (exact) mass is 442 g/mol. The summed E-state index contributed by atoms with van der Waals surface area (Å²) in [6.45, 7) is 17.8. The molecule has 6 heteroatoms. The molecule has 31 heavy (non-hydrogen) atoms. The van der Waals surface area contributed by atoms with Gasteiger partial charge in [-0.15, -0.1) is 0 Å². The maximum atomic E-state index is 13.0. The van der Waals surface area contributed by atoms with Crippen LogP contribution in [0.25, 0.3) is 0 Å². The second kappa shape index (κ2) is 11.0. The molecule has 0 amide bonds. The number of carbonyl (C=O) groups excluding carboxylic acids is 1. The first-order valence-electron chi connectivity index (χ1n) is 12.1. The molecule has 0 N–H and O–H groups in total. The predicted molar refractivity (Wildman–Crippen MR) is 120 cm³/mol. The maximum absolute atomic E-state index is 13.0. The number of esters is 1. The standard InChI is InChI=1S/C25H46O6/c1-11-14(2)16(4)22-17(5)15(3)12-25(31-22,24(26)28-10)29-13-21-19(7)18(6)20(8)23(27-9)30-21/h14-23H,11-13H2,1-10H3/t14-,15-,16-,17-,18+,19+,20?,21?,22?,23+,25-/m1/s1. The van der Waals surface area contributed by atoms with Crippen LogP contribution in [0.4, 0.5) is 0 Å². The van der Waals surface area contributed by atoms with Crippen molar-refractivity contribution in [1.82, 2.24) is 0 Å². The van der Waals surface area contributed by atoms with Crippen LogP contribution in [0.2, 0.25) is 0 Å². The SMILES string of the molecule is CC[C@@H](C)[C@@H](C)C1O[C@@](OCC2O[C@H](OC)C(C)[C@@H](C)[C@@H]2C)(C(=O)OC)C[C@@H](C)[C@H]1C. The van der Waals surface area contributed by atoms with Crippen LogP contribution in [0.15, 0.2) is 0 Å². The molecule has 0 spiro atoms. The van der Waals surface area contributed by atoms with Crippen molar-refractivity contribution < 1.29 is 28.5 Å². The lowest BCUT2D eigenvalue weighted by molar-refractivity contribution is -0.321. The van der Waals surface area contributed by atoms with E-state index >= 15 is 0 Å². The number of methoxy groups -OCH3 is 2. The average molecular weight is 443 g/mol. The van der Waals surface area contributed by atoms with Gasteiger partial charge in [-0.1, -0.05) is 61.8 Å². The van der Waals surface area contributed by atoms with Gasteiger partial charge in [0.25, 0.3) is 5.79 Å². The summed E-state index contributed by atoms with van der Waals surface area (Å²) in [7, 11) is 3.07. The summed E-state index contributed by atoms with van der Waals surface area (Å²) in [5.41, 5.74) is 0. The lowest BCUT2D eigenvalue weighted by Crippen LogP contribution is -2.58. The van der Waals surface area contributed by atoms with Crippen LogP contribution in [-0.2, 0) is 28.5 Å². The molecule has 182 valence electrons. The van der Waals surface area contributed by atoms with Gasteiger partial charge in [-0.05, 0) is 35.5 Å². The topological polar surface area (TPSA) is 63.2 Å². The van der Waals surface area contributed by atoms with Crippen molar-refractivity contribution >= 4 is 5.97 Å². The quantitative estimate of drug-likeness (QED) is 0.499. The highest BCUT2D eigenvalue weighted by Gasteiger charge is 2.53. The highest BCUT2D eigenvalue weighted by Crippen LogP contribution is 2.43. The third-order valence-electron chi connectivity index (χ3n) is 8.59. The Kier molecular flexibility index (Phi) is 9.39. The first kappa shape index (κ1) is 26.6. The lowest BCUT2D eigenvalue weighted by atomic mass is 9.74. The second-order valence-electron chi connectivity index (χ2n) is 10.3. The summed E-state index contributed by atoms with van der Waals surface area (Å²) in [6.07, 6.45) is 1.01. The summed E-state index contributed by atoms with van der Waals surface area (Å²) in [4.78, 5) is 13.0. The van der Waals surface area contributed by atoms with E-state index in [1.165, 1.54) is 7.11 Å². The Morgan fingerprint density at radius 1 is 1.03 bits per heavy atom. The molecule has 0 saturated carbocycles. The highest BCUT2D eigenvalue weighted by atomic mass is 16.7. The third kappa shape index (κ3) is 5.45. The van der Waals surface area contributed by atoms with Gasteiger partial charge in [0.1, 0.15) is 0 Å². The second-order valence-corrected chi connectivity index (χ2v) is 10.3. The number of hydrogen-bond donors (Lipinski definition) is 0. The molecule has 2 rings (SSSR count). The summed E-state index contributed by atoms with van der Waals surface area (Å²) in [5.74, 6) is 0.494. The van der Waals surface area contributed by atoms with Gasteiger partial charge in [-0.25, -0.2) is 4.79 Å². The Morgan fingerprint density at radius 3 is 2.23 bits per heavy atom. The van der Waals surface area contributed by atoms with Crippen molar-refractivity contribution in [2.24, 2.45) is 41.4 Å². The molecule has 2 fully saturated rings. The molecular weight excluding hydrogens is 396 g/mol. The molecule has 0 aromatic carbocycles. The molecule has 0 aliphatic carbocycles. The summed E-state index contributed by atoms with van der Waals surface area (Å²) < 4.78 is 29.8. The van der Waals surface area contributed by atoms with E-state index in [0.717, 1.165) is 6.42 Å². The third-order valence-corrected chi connectivity index (χ3v) is 8.59. The van der Waals surface area contributed by atoms with Gasteiger partial charge in [-0.3, -0.25) is 0 Å². The summed E-state index contributed by atoms with van der Waals surface area (Å²) >= 11 is 0. The van der Waals surface area contributed by atoms with Gasteiger partial charge < -0.3 is 23.7 Å². The van der Waals surface area contributed by atoms with E-state index in [9.17, 15) is 4.79 Å². The van der Waals surface area contributed by atoms with Crippen molar-refractivity contribution in [1.29, 1.82) is 0 Å². The van der Waals surface area contributed by atoms with E-state index in [0.29, 0.717) is 36.0 Å². The molecule has 11 atom stereocenters. The summed E-state index contributed by atoms with van der Waals surface area (Å²) in [6, 6.07) is 0. The molecule has 2 aliphatic rings. The fourth-order valence-electron chi connectivity index (χ4n) is 5.19. The van der Waals surface area contributed by atoms with Crippen molar-refractivity contribution in [3.05, 3.63) is 0 Å². The molecule has 6 nitrogen and oxygen atoms in total. The Bertz CT molecular complexity index is 580. The van der Waals surface area contributed by atoms with Crippen molar-refractivity contribution in [2.75, 3.05) is 20.8 Å². The van der Waals surface area contributed by atoms with Crippen LogP contribution in [0.3, 0.4) is 0 Å². The zero-order chi connectivity index (χ0) is 23.5. The molecule has 2 saturated heterocycles. The molecule has 0 aromatic heterocycles. The fourth-order valence-corrected chi connectivity index (χ4v) is 5.19.